The lowest BCUT2D eigenvalue weighted by molar-refractivity contribution is 0.00844. The number of sulfonamides is 1. The summed E-state index contributed by atoms with van der Waals surface area (Å²) in [6.07, 6.45) is 2.65. The van der Waals surface area contributed by atoms with E-state index in [9.17, 15) is 13.2 Å². The predicted molar refractivity (Wildman–Crippen MR) is 91.2 cm³/mol. The Morgan fingerprint density at radius 2 is 1.92 bits per heavy atom. The van der Waals surface area contributed by atoms with Crippen molar-refractivity contribution in [2.45, 2.75) is 30.3 Å². The molecule has 0 spiro atoms. The predicted octanol–water partition coefficient (Wildman–Crippen LogP) is 0.565. The Bertz CT molecular complexity index is 638. The van der Waals surface area contributed by atoms with Crippen LogP contribution >= 0.6 is 0 Å². The molecule has 1 aliphatic heterocycles. The van der Waals surface area contributed by atoms with Gasteiger partial charge in [-0.3, -0.25) is 4.79 Å². The summed E-state index contributed by atoms with van der Waals surface area (Å²) in [5.41, 5.74) is 5.94. The maximum absolute atomic E-state index is 12.5. The summed E-state index contributed by atoms with van der Waals surface area (Å²) in [6, 6.07) is 6.00. The third kappa shape index (κ3) is 4.76. The molecule has 0 unspecified atom stereocenters. The van der Waals surface area contributed by atoms with Gasteiger partial charge in [0.2, 0.25) is 10.0 Å². The van der Waals surface area contributed by atoms with Crippen LogP contribution in [0.1, 0.15) is 29.6 Å². The van der Waals surface area contributed by atoms with Crippen molar-refractivity contribution in [2.24, 2.45) is 5.73 Å². The van der Waals surface area contributed by atoms with E-state index in [-0.39, 0.29) is 16.9 Å². The van der Waals surface area contributed by atoms with Crippen LogP contribution in [0.3, 0.4) is 0 Å². The smallest absolute Gasteiger partial charge is 0.253 e. The molecule has 1 fully saturated rings. The van der Waals surface area contributed by atoms with Crippen LogP contribution in [0.25, 0.3) is 0 Å². The Balaban J connectivity index is 1.91. The van der Waals surface area contributed by atoms with E-state index in [0.29, 0.717) is 31.8 Å². The van der Waals surface area contributed by atoms with E-state index in [4.69, 9.17) is 10.5 Å². The zero-order valence-corrected chi connectivity index (χ0v) is 14.7. The van der Waals surface area contributed by atoms with Crippen molar-refractivity contribution in [3.05, 3.63) is 29.8 Å². The van der Waals surface area contributed by atoms with Crippen molar-refractivity contribution < 1.29 is 17.9 Å². The lowest BCUT2D eigenvalue weighted by Crippen LogP contribution is -2.41. The van der Waals surface area contributed by atoms with Gasteiger partial charge in [0.1, 0.15) is 0 Å². The molecule has 1 amide bonds. The summed E-state index contributed by atoms with van der Waals surface area (Å²) in [5, 5.41) is 0. The van der Waals surface area contributed by atoms with E-state index in [1.807, 2.05) is 0 Å². The minimum atomic E-state index is -3.48. The average Bonchev–Trinajstić information content (AvgIpc) is 2.62. The van der Waals surface area contributed by atoms with Gasteiger partial charge in [0.05, 0.1) is 11.0 Å². The molecule has 1 aliphatic rings. The molecule has 134 valence electrons. The van der Waals surface area contributed by atoms with Crippen molar-refractivity contribution in [2.75, 3.05) is 33.3 Å². The molecule has 0 aliphatic carbocycles. The number of carbonyl (C=O) groups is 1. The van der Waals surface area contributed by atoms with Gasteiger partial charge in [0.15, 0.2) is 0 Å². The number of ether oxygens (including phenoxy) is 1. The number of nitrogens with zero attached hydrogens (tertiary/aromatic N) is 1. The van der Waals surface area contributed by atoms with E-state index in [0.717, 1.165) is 19.3 Å². The molecule has 3 N–H and O–H groups in total. The molecule has 0 aromatic heterocycles. The molecule has 1 heterocycles. The van der Waals surface area contributed by atoms with E-state index in [2.05, 4.69) is 4.72 Å². The second-order valence-corrected chi connectivity index (χ2v) is 7.62. The second-order valence-electron chi connectivity index (χ2n) is 5.74. The van der Waals surface area contributed by atoms with Crippen LogP contribution in [-0.2, 0) is 14.8 Å². The first-order chi connectivity index (χ1) is 11.5. The molecule has 1 aromatic rings. The minimum Gasteiger partial charge on any atom is -0.378 e. The summed E-state index contributed by atoms with van der Waals surface area (Å²) in [7, 11) is -2.13. The van der Waals surface area contributed by atoms with Crippen LogP contribution < -0.4 is 10.5 Å². The van der Waals surface area contributed by atoms with Crippen molar-refractivity contribution in [1.82, 2.24) is 9.62 Å². The Hall–Kier alpha value is -1.48. The third-order valence-electron chi connectivity index (χ3n) is 4.11. The van der Waals surface area contributed by atoms with Crippen LogP contribution in [0.5, 0.6) is 0 Å². The molecule has 2 rings (SSSR count). The van der Waals surface area contributed by atoms with Gasteiger partial charge < -0.3 is 15.4 Å². The van der Waals surface area contributed by atoms with Crippen LogP contribution in [0.2, 0.25) is 0 Å². The highest BCUT2D eigenvalue weighted by molar-refractivity contribution is 7.89. The lowest BCUT2D eigenvalue weighted by Gasteiger charge is -2.32. The molecule has 0 saturated carbocycles. The molecule has 8 heteroatoms. The van der Waals surface area contributed by atoms with Gasteiger partial charge in [0, 0.05) is 25.3 Å². The Morgan fingerprint density at radius 1 is 1.29 bits per heavy atom. The van der Waals surface area contributed by atoms with Crippen molar-refractivity contribution >= 4 is 15.9 Å². The summed E-state index contributed by atoms with van der Waals surface area (Å²) >= 11 is 0. The number of nitrogens with one attached hydrogen (secondary N) is 1. The molecular weight excluding hydrogens is 330 g/mol. The Kier molecular flexibility index (Phi) is 6.73. The van der Waals surface area contributed by atoms with Gasteiger partial charge in [-0.05, 0) is 57.1 Å². The topological polar surface area (TPSA) is 102 Å². The van der Waals surface area contributed by atoms with Gasteiger partial charge in [0.25, 0.3) is 5.91 Å². The lowest BCUT2D eigenvalue weighted by atomic mass is 10.1. The summed E-state index contributed by atoms with van der Waals surface area (Å²) in [6.45, 7) is 2.57. The van der Waals surface area contributed by atoms with Gasteiger partial charge in [-0.15, -0.1) is 0 Å². The standard InChI is InChI=1S/C16H25N3O4S/c1-18-24(21,22)15-5-3-13(4-6-15)16(20)19-10-7-14(8-11-19)23-12-2-9-17/h3-6,14,18H,2,7-12,17H2,1H3. The molecule has 1 aromatic carbocycles. The number of rotatable bonds is 7. The van der Waals surface area contributed by atoms with Gasteiger partial charge in [-0.2, -0.15) is 0 Å². The number of likely N-dealkylation sites (tertiary alicyclic amines) is 1. The van der Waals surface area contributed by atoms with Crippen LogP contribution in [0.4, 0.5) is 0 Å². The zero-order chi connectivity index (χ0) is 17.6. The van der Waals surface area contributed by atoms with E-state index in [1.165, 1.54) is 19.2 Å². The molecule has 0 bridgehead atoms. The molecule has 1 saturated heterocycles. The van der Waals surface area contributed by atoms with Crippen LogP contribution in [0.15, 0.2) is 29.2 Å². The highest BCUT2D eigenvalue weighted by Crippen LogP contribution is 2.18. The highest BCUT2D eigenvalue weighted by Gasteiger charge is 2.24. The average molecular weight is 355 g/mol. The minimum absolute atomic E-state index is 0.0798. The quantitative estimate of drug-likeness (QED) is 0.696. The van der Waals surface area contributed by atoms with Gasteiger partial charge >= 0.3 is 0 Å². The number of nitrogens with two attached hydrogens (primary N) is 1. The molecule has 0 atom stereocenters. The largest absolute Gasteiger partial charge is 0.378 e. The summed E-state index contributed by atoms with van der Waals surface area (Å²) in [5.74, 6) is -0.0798. The fraction of sp³-hybridized carbons (Fsp3) is 0.562. The van der Waals surface area contributed by atoms with Crippen LogP contribution in [0, 0.1) is 0 Å². The first-order valence-electron chi connectivity index (χ1n) is 8.12. The van der Waals surface area contributed by atoms with Crippen molar-refractivity contribution in [3.8, 4) is 0 Å². The van der Waals surface area contributed by atoms with Crippen molar-refractivity contribution in [1.29, 1.82) is 0 Å². The summed E-state index contributed by atoms with van der Waals surface area (Å²) in [4.78, 5) is 14.4. The second kappa shape index (κ2) is 8.57. The number of amides is 1. The number of piperidine rings is 1. The fourth-order valence-corrected chi connectivity index (χ4v) is 3.37. The highest BCUT2D eigenvalue weighted by atomic mass is 32.2. The number of hydrogen-bond donors (Lipinski definition) is 2. The first-order valence-corrected chi connectivity index (χ1v) is 9.61. The summed E-state index contributed by atoms with van der Waals surface area (Å²) < 4.78 is 31.4. The SMILES string of the molecule is CNS(=O)(=O)c1ccc(C(=O)N2CCC(OCCCN)CC2)cc1. The first kappa shape index (κ1) is 18.9. The van der Waals surface area contributed by atoms with Crippen molar-refractivity contribution in [3.63, 3.8) is 0 Å². The van der Waals surface area contributed by atoms with Crippen LogP contribution in [-0.4, -0.2) is 58.6 Å². The number of carbonyl (C=O) groups excluding carboxylic acids is 1. The van der Waals surface area contributed by atoms with Gasteiger partial charge in [-0.1, -0.05) is 0 Å². The normalized spacial score (nSPS) is 16.3. The Labute approximate surface area is 143 Å². The van der Waals surface area contributed by atoms with E-state index < -0.39 is 10.0 Å². The number of hydrogen-bond acceptors (Lipinski definition) is 5. The maximum atomic E-state index is 12.5. The maximum Gasteiger partial charge on any atom is 0.253 e. The molecule has 7 nitrogen and oxygen atoms in total. The van der Waals surface area contributed by atoms with E-state index >= 15 is 0 Å². The van der Waals surface area contributed by atoms with E-state index in [1.54, 1.807) is 17.0 Å². The monoisotopic (exact) mass is 355 g/mol. The molecular formula is C16H25N3O4S. The number of benzene rings is 1. The van der Waals surface area contributed by atoms with Gasteiger partial charge in [-0.25, -0.2) is 13.1 Å². The molecule has 24 heavy (non-hydrogen) atoms. The Morgan fingerprint density at radius 3 is 2.46 bits per heavy atom. The fourth-order valence-electron chi connectivity index (χ4n) is 2.64. The molecule has 0 radical (unpaired) electrons. The zero-order valence-electron chi connectivity index (χ0n) is 13.9. The third-order valence-corrected chi connectivity index (χ3v) is 5.54.